The summed E-state index contributed by atoms with van der Waals surface area (Å²) in [7, 11) is 1.55. The fourth-order valence-corrected chi connectivity index (χ4v) is 4.87. The highest BCUT2D eigenvalue weighted by Gasteiger charge is 2.50. The summed E-state index contributed by atoms with van der Waals surface area (Å²) in [6.07, 6.45) is 7.08. The van der Waals surface area contributed by atoms with Gasteiger partial charge in [-0.1, -0.05) is 27.4 Å². The van der Waals surface area contributed by atoms with E-state index in [9.17, 15) is 4.79 Å². The van der Waals surface area contributed by atoms with E-state index < -0.39 is 0 Å². The second kappa shape index (κ2) is 15.3. The molecule has 8 heteroatoms. The number of rotatable bonds is 13. The van der Waals surface area contributed by atoms with E-state index in [2.05, 4.69) is 30.3 Å². The Morgan fingerprint density at radius 1 is 1.26 bits per heavy atom. The van der Waals surface area contributed by atoms with Gasteiger partial charge in [-0.05, 0) is 61.8 Å². The number of aryl methyl sites for hydroxylation is 1. The average molecular weight is 576 g/mol. The molecule has 0 aliphatic carbocycles. The third-order valence-electron chi connectivity index (χ3n) is 7.37. The minimum atomic E-state index is 0.0764. The Hall–Kier alpha value is -4.00. The largest absolute Gasteiger partial charge is 0.493 e. The van der Waals surface area contributed by atoms with E-state index in [1.807, 2.05) is 50.8 Å². The van der Waals surface area contributed by atoms with Crippen molar-refractivity contribution in [1.29, 1.82) is 5.41 Å². The van der Waals surface area contributed by atoms with Crippen LogP contribution in [0.15, 0.2) is 77.7 Å². The van der Waals surface area contributed by atoms with Gasteiger partial charge in [0.2, 0.25) is 5.91 Å². The molecule has 1 unspecified atom stereocenters. The molecule has 226 valence electrons. The van der Waals surface area contributed by atoms with Gasteiger partial charge in [-0.3, -0.25) is 4.79 Å². The molecule has 0 saturated carbocycles. The zero-order valence-corrected chi connectivity index (χ0v) is 25.8. The van der Waals surface area contributed by atoms with E-state index in [4.69, 9.17) is 24.4 Å². The second-order valence-electron chi connectivity index (χ2n) is 10.7. The lowest BCUT2D eigenvalue weighted by Crippen LogP contribution is -2.67. The summed E-state index contributed by atoms with van der Waals surface area (Å²) in [5.74, 6) is 2.50. The number of hydrogen-bond donors (Lipinski definition) is 2. The molecule has 0 bridgehead atoms. The van der Waals surface area contributed by atoms with Crippen LogP contribution in [0.3, 0.4) is 0 Å². The van der Waals surface area contributed by atoms with Gasteiger partial charge in [-0.25, -0.2) is 0 Å². The summed E-state index contributed by atoms with van der Waals surface area (Å²) in [5, 5.41) is 8.67. The van der Waals surface area contributed by atoms with Crippen LogP contribution in [0.4, 0.5) is 0 Å². The molecule has 2 N–H and O–H groups in total. The van der Waals surface area contributed by atoms with Crippen LogP contribution < -0.4 is 4.74 Å². The van der Waals surface area contributed by atoms with Crippen molar-refractivity contribution in [3.8, 4) is 5.75 Å². The number of allylic oxidation sites excluding steroid dienone is 4. The Morgan fingerprint density at radius 3 is 2.62 bits per heavy atom. The van der Waals surface area contributed by atoms with Crippen molar-refractivity contribution in [2.24, 2.45) is 11.3 Å². The van der Waals surface area contributed by atoms with Crippen LogP contribution in [0.2, 0.25) is 0 Å². The first kappa shape index (κ1) is 32.5. The van der Waals surface area contributed by atoms with Crippen molar-refractivity contribution in [3.63, 3.8) is 0 Å². The highest BCUT2D eigenvalue weighted by atomic mass is 16.5. The summed E-state index contributed by atoms with van der Waals surface area (Å²) >= 11 is 0. The number of amides is 1. The average Bonchev–Trinajstić information content (AvgIpc) is 3.30. The first-order valence-corrected chi connectivity index (χ1v) is 14.5. The summed E-state index contributed by atoms with van der Waals surface area (Å²) in [5.41, 5.74) is 6.63. The summed E-state index contributed by atoms with van der Waals surface area (Å²) in [4.78, 5) is 17.7. The number of aromatic amines is 1. The maximum absolute atomic E-state index is 12.5. The molecule has 2 aliphatic heterocycles. The smallest absolute Gasteiger partial charge is 0.226 e. The molecule has 8 nitrogen and oxygen atoms in total. The van der Waals surface area contributed by atoms with Crippen molar-refractivity contribution >= 4 is 23.0 Å². The molecule has 1 aromatic carbocycles. The quantitative estimate of drug-likeness (QED) is 0.118. The van der Waals surface area contributed by atoms with Crippen molar-refractivity contribution in [3.05, 3.63) is 83.3 Å². The van der Waals surface area contributed by atoms with E-state index in [-0.39, 0.29) is 30.3 Å². The lowest BCUT2D eigenvalue weighted by atomic mass is 9.78. The number of likely N-dealkylation sites (tertiary alicyclic amines) is 1. The van der Waals surface area contributed by atoms with Crippen LogP contribution in [-0.2, 0) is 19.0 Å². The van der Waals surface area contributed by atoms with Gasteiger partial charge in [0.25, 0.3) is 0 Å². The van der Waals surface area contributed by atoms with Crippen LogP contribution >= 0.6 is 0 Å². The molecular weight excluding hydrogens is 530 g/mol. The first-order valence-electron chi connectivity index (χ1n) is 14.5. The molecule has 2 aromatic rings. The minimum Gasteiger partial charge on any atom is -0.493 e. The van der Waals surface area contributed by atoms with E-state index in [1.165, 1.54) is 6.21 Å². The van der Waals surface area contributed by atoms with Crippen LogP contribution in [-0.4, -0.2) is 62.0 Å². The Labute approximate surface area is 249 Å². The van der Waals surface area contributed by atoms with Crippen molar-refractivity contribution in [2.45, 2.75) is 47.5 Å². The predicted molar refractivity (Wildman–Crippen MR) is 168 cm³/mol. The molecule has 1 spiro atoms. The molecule has 42 heavy (non-hydrogen) atoms. The number of carbonyl (C=O) groups excluding carboxylic acids is 1. The number of methoxy groups -OCH3 is 1. The van der Waals surface area contributed by atoms with Crippen molar-refractivity contribution in [2.75, 3.05) is 40.0 Å². The first-order chi connectivity index (χ1) is 20.3. The molecule has 0 radical (unpaired) electrons. The molecule has 4 rings (SSSR count). The highest BCUT2D eigenvalue weighted by molar-refractivity contribution is 5.82. The third-order valence-corrected chi connectivity index (χ3v) is 7.37. The standard InChI is InChI=1S/C32H39N3O5.C2H6/c1-6-29(37-5)30(39-14-12-31(36)35-18-32(19-35)20-38-21-32)10-7-22(2)23(3)15-27(11-13-33)40-26-8-9-28-25(17-26)16-24(4)34-28;1-2/h6,8-11,13,16-17,23,33-34H,1,12,14-15,18-21H2,2-5H3;1-2H3/b27-11+,30-29-,33-13?;. The Morgan fingerprint density at radius 2 is 2.00 bits per heavy atom. The van der Waals surface area contributed by atoms with Gasteiger partial charge in [0.15, 0.2) is 11.5 Å². The second-order valence-corrected chi connectivity index (χ2v) is 10.7. The Bertz CT molecular complexity index is 1380. The molecule has 1 atom stereocenters. The minimum absolute atomic E-state index is 0.0764. The van der Waals surface area contributed by atoms with Crippen LogP contribution in [0.25, 0.3) is 10.9 Å². The van der Waals surface area contributed by atoms with Gasteiger partial charge < -0.3 is 34.2 Å². The van der Waals surface area contributed by atoms with Crippen LogP contribution in [0.5, 0.6) is 5.75 Å². The van der Waals surface area contributed by atoms with Gasteiger partial charge in [0.1, 0.15) is 11.5 Å². The number of fused-ring (bicyclic) bond motifs is 1. The zero-order chi connectivity index (χ0) is 30.7. The van der Waals surface area contributed by atoms with Gasteiger partial charge in [-0.2, -0.15) is 0 Å². The number of H-pyrrole nitrogens is 1. The predicted octanol–water partition coefficient (Wildman–Crippen LogP) is 6.85. The maximum atomic E-state index is 12.5. The fraction of sp³-hybridized carbons (Fsp3) is 0.441. The number of benzene rings is 1. The Kier molecular flexibility index (Phi) is 11.8. The number of carbonyl (C=O) groups is 1. The zero-order valence-electron chi connectivity index (χ0n) is 25.8. The fourth-order valence-electron chi connectivity index (χ4n) is 4.87. The highest BCUT2D eigenvalue weighted by Crippen LogP contribution is 2.37. The summed E-state index contributed by atoms with van der Waals surface area (Å²) < 4.78 is 22.8. The lowest BCUT2D eigenvalue weighted by Gasteiger charge is -2.55. The van der Waals surface area contributed by atoms with E-state index >= 15 is 0 Å². The summed E-state index contributed by atoms with van der Waals surface area (Å²) in [6.45, 7) is 17.2. The summed E-state index contributed by atoms with van der Waals surface area (Å²) in [6, 6.07) is 7.99. The van der Waals surface area contributed by atoms with E-state index in [0.29, 0.717) is 23.7 Å². The molecule has 2 aliphatic rings. The molecule has 2 saturated heterocycles. The van der Waals surface area contributed by atoms with Crippen molar-refractivity contribution in [1.82, 2.24) is 9.88 Å². The van der Waals surface area contributed by atoms with Crippen LogP contribution in [0, 0.1) is 23.7 Å². The number of nitrogens with one attached hydrogen (secondary N) is 2. The molecule has 1 amide bonds. The molecule has 3 heterocycles. The van der Waals surface area contributed by atoms with Gasteiger partial charge >= 0.3 is 0 Å². The molecular formula is C34H45N3O5. The lowest BCUT2D eigenvalue weighted by molar-refractivity contribution is -0.195. The molecule has 2 fully saturated rings. The molecule has 1 aromatic heterocycles. The normalized spacial score (nSPS) is 16.4. The number of aromatic nitrogens is 1. The van der Waals surface area contributed by atoms with Gasteiger partial charge in [0.05, 0.1) is 38.8 Å². The monoisotopic (exact) mass is 575 g/mol. The maximum Gasteiger partial charge on any atom is 0.226 e. The third kappa shape index (κ3) is 8.28. The topological polar surface area (TPSA) is 96.9 Å². The van der Waals surface area contributed by atoms with Gasteiger partial charge in [-0.15, -0.1) is 5.73 Å². The number of hydrogen-bond acceptors (Lipinski definition) is 6. The van der Waals surface area contributed by atoms with Gasteiger partial charge in [0, 0.05) is 48.4 Å². The van der Waals surface area contributed by atoms with Crippen molar-refractivity contribution < 1.29 is 23.7 Å². The number of nitrogens with zero attached hydrogens (tertiary/aromatic N) is 1. The number of ether oxygens (including phenoxy) is 4. The Balaban J connectivity index is 0.00000237. The SMILES string of the molecule is C=C/C(OC)=C(\C=C=C(C)C(C)C/C(=C\C=N)Oc1ccc2[nH]c(C)cc2c1)OCCC(=O)N1CC2(COC2)C1.CC. The van der Waals surface area contributed by atoms with E-state index in [0.717, 1.165) is 54.2 Å². The van der Waals surface area contributed by atoms with Crippen LogP contribution in [0.1, 0.15) is 46.2 Å². The van der Waals surface area contributed by atoms with E-state index in [1.54, 1.807) is 25.3 Å².